The highest BCUT2D eigenvalue weighted by Crippen LogP contribution is 2.22. The van der Waals surface area contributed by atoms with Crippen molar-refractivity contribution in [2.75, 3.05) is 13.7 Å². The van der Waals surface area contributed by atoms with E-state index in [0.717, 1.165) is 45.5 Å². The molecule has 180 valence electrons. The van der Waals surface area contributed by atoms with Gasteiger partial charge in [0.25, 0.3) is 0 Å². The average Bonchev–Trinajstić information content (AvgIpc) is 2.84. The number of nitrogens with one attached hydrogen (secondary N) is 1. The van der Waals surface area contributed by atoms with Gasteiger partial charge in [0.2, 0.25) is 0 Å². The van der Waals surface area contributed by atoms with Crippen LogP contribution >= 0.6 is 0 Å². The van der Waals surface area contributed by atoms with Crippen LogP contribution in [0.15, 0.2) is 79.5 Å². The molecule has 0 bridgehead atoms. The summed E-state index contributed by atoms with van der Waals surface area (Å²) >= 11 is 0. The molecule has 0 heterocycles. The first-order valence-corrected chi connectivity index (χ1v) is 11.7. The van der Waals surface area contributed by atoms with Crippen molar-refractivity contribution in [1.82, 2.24) is 5.32 Å². The Morgan fingerprint density at radius 1 is 0.848 bits per heavy atom. The molecule has 0 amide bonds. The van der Waals surface area contributed by atoms with Crippen LogP contribution in [0.4, 0.5) is 0 Å². The van der Waals surface area contributed by atoms with Crippen molar-refractivity contribution in [3.8, 4) is 11.1 Å². The van der Waals surface area contributed by atoms with Crippen LogP contribution in [0.25, 0.3) is 16.7 Å². The lowest BCUT2D eigenvalue weighted by Gasteiger charge is -2.18. The van der Waals surface area contributed by atoms with Gasteiger partial charge in [-0.15, -0.1) is 0 Å². The fraction of sp³-hybridized carbons (Fsp3) is 0.367. The Morgan fingerprint density at radius 2 is 1.27 bits per heavy atom. The molecule has 33 heavy (non-hydrogen) atoms. The van der Waals surface area contributed by atoms with Gasteiger partial charge in [0.1, 0.15) is 0 Å². The molecule has 0 aliphatic carbocycles. The van der Waals surface area contributed by atoms with E-state index in [1.165, 1.54) is 12.8 Å². The fourth-order valence-corrected chi connectivity index (χ4v) is 2.91. The molecule has 2 N–H and O–H groups in total. The summed E-state index contributed by atoms with van der Waals surface area (Å²) in [5.41, 5.74) is 6.98. The minimum absolute atomic E-state index is 0.0409. The second-order valence-corrected chi connectivity index (χ2v) is 8.04. The highest BCUT2D eigenvalue weighted by molar-refractivity contribution is 5.94. The van der Waals surface area contributed by atoms with E-state index in [4.69, 9.17) is 5.11 Å². The SMILES string of the molecule is C=C(C)c1ccc(-c2ccc(C(C)=O)cc2)cc1.C=C(CO)C(CC)C(=C)NC.CCCC. The number of carbonyl (C=O) groups excluding carboxylic acids is 1. The van der Waals surface area contributed by atoms with Crippen molar-refractivity contribution in [3.63, 3.8) is 0 Å². The lowest BCUT2D eigenvalue weighted by Crippen LogP contribution is -2.17. The molecule has 0 radical (unpaired) electrons. The summed E-state index contributed by atoms with van der Waals surface area (Å²) < 4.78 is 0. The largest absolute Gasteiger partial charge is 0.392 e. The first-order chi connectivity index (χ1) is 15.7. The number of allylic oxidation sites excluding steroid dienone is 2. The predicted octanol–water partition coefficient (Wildman–Crippen LogP) is 7.69. The third kappa shape index (κ3) is 11.0. The maximum atomic E-state index is 11.2. The number of carbonyl (C=O) groups is 1. The monoisotopic (exact) mass is 449 g/mol. The van der Waals surface area contributed by atoms with E-state index in [-0.39, 0.29) is 18.3 Å². The van der Waals surface area contributed by atoms with E-state index in [1.54, 1.807) is 6.92 Å². The number of ketones is 1. The number of hydrogen-bond donors (Lipinski definition) is 2. The van der Waals surface area contributed by atoms with Crippen molar-refractivity contribution in [2.45, 2.75) is 53.9 Å². The zero-order valence-electron chi connectivity index (χ0n) is 21.5. The molecule has 0 aromatic heterocycles. The van der Waals surface area contributed by atoms with Gasteiger partial charge in [0.05, 0.1) is 6.61 Å². The maximum absolute atomic E-state index is 11.2. The van der Waals surface area contributed by atoms with Crippen LogP contribution in [0.1, 0.15) is 69.8 Å². The van der Waals surface area contributed by atoms with Crippen molar-refractivity contribution < 1.29 is 9.90 Å². The summed E-state index contributed by atoms with van der Waals surface area (Å²) in [5.74, 6) is 0.296. The predicted molar refractivity (Wildman–Crippen MR) is 145 cm³/mol. The van der Waals surface area contributed by atoms with Crippen molar-refractivity contribution in [1.29, 1.82) is 0 Å². The number of hydrogen-bond acceptors (Lipinski definition) is 3. The number of Topliss-reactive ketones (excluding diaryl/α,β-unsaturated/α-hetero) is 1. The van der Waals surface area contributed by atoms with Gasteiger partial charge in [-0.1, -0.05) is 107 Å². The van der Waals surface area contributed by atoms with Gasteiger partial charge in [-0.25, -0.2) is 0 Å². The first kappa shape index (κ1) is 30.1. The Balaban J connectivity index is 0.000000584. The van der Waals surface area contributed by atoms with Gasteiger partial charge in [-0.3, -0.25) is 4.79 Å². The summed E-state index contributed by atoms with van der Waals surface area (Å²) in [6.45, 7) is 21.5. The molecule has 3 heteroatoms. The summed E-state index contributed by atoms with van der Waals surface area (Å²) in [7, 11) is 1.83. The molecule has 0 aliphatic heterocycles. The zero-order chi connectivity index (χ0) is 25.4. The third-order valence-corrected chi connectivity index (χ3v) is 5.35. The molecular formula is C30H43NO2. The van der Waals surface area contributed by atoms with Crippen LogP contribution in [0.5, 0.6) is 0 Å². The Kier molecular flexibility index (Phi) is 15.2. The van der Waals surface area contributed by atoms with Gasteiger partial charge >= 0.3 is 0 Å². The maximum Gasteiger partial charge on any atom is 0.159 e. The molecule has 1 unspecified atom stereocenters. The van der Waals surface area contributed by atoms with Crippen molar-refractivity contribution in [2.24, 2.45) is 5.92 Å². The molecule has 2 aromatic carbocycles. The standard InChI is InChI=1S/C17H16O.C9H17NO.C4H10/c1-12(2)14-4-8-16(9-5-14)17-10-6-15(7-11-17)13(3)18;1-5-9(7(2)6-11)8(3)10-4;1-3-4-2/h4-11H,1H2,2-3H3;9-11H,2-3,5-6H2,1,4H3;3-4H2,1-2H3. The highest BCUT2D eigenvalue weighted by Gasteiger charge is 2.11. The van der Waals surface area contributed by atoms with E-state index in [1.807, 2.05) is 45.2 Å². The molecule has 0 saturated heterocycles. The van der Waals surface area contributed by atoms with Gasteiger partial charge in [0.15, 0.2) is 5.78 Å². The van der Waals surface area contributed by atoms with E-state index >= 15 is 0 Å². The number of aliphatic hydroxyl groups is 1. The number of benzene rings is 2. The topological polar surface area (TPSA) is 49.3 Å². The van der Waals surface area contributed by atoms with Crippen LogP contribution in [-0.4, -0.2) is 24.5 Å². The number of aliphatic hydroxyl groups excluding tert-OH is 1. The van der Waals surface area contributed by atoms with Crippen molar-refractivity contribution in [3.05, 3.63) is 90.7 Å². The number of rotatable bonds is 9. The van der Waals surface area contributed by atoms with Gasteiger partial charge in [0, 0.05) is 24.2 Å². The zero-order valence-corrected chi connectivity index (χ0v) is 21.5. The molecule has 0 spiro atoms. The van der Waals surface area contributed by atoms with Gasteiger partial charge in [-0.2, -0.15) is 0 Å². The number of unbranched alkanes of at least 4 members (excludes halogenated alkanes) is 1. The molecule has 0 fully saturated rings. The molecule has 3 nitrogen and oxygen atoms in total. The van der Waals surface area contributed by atoms with Crippen LogP contribution in [0, 0.1) is 5.92 Å². The highest BCUT2D eigenvalue weighted by atomic mass is 16.3. The van der Waals surface area contributed by atoms with E-state index in [2.05, 4.69) is 63.2 Å². The van der Waals surface area contributed by atoms with Gasteiger partial charge < -0.3 is 10.4 Å². The lowest BCUT2D eigenvalue weighted by molar-refractivity contribution is 0.101. The van der Waals surface area contributed by atoms with Crippen LogP contribution < -0.4 is 5.32 Å². The molecule has 1 atom stereocenters. The third-order valence-electron chi connectivity index (χ3n) is 5.35. The summed E-state index contributed by atoms with van der Waals surface area (Å²) in [5, 5.41) is 11.8. The van der Waals surface area contributed by atoms with E-state index in [0.29, 0.717) is 0 Å². The first-order valence-electron chi connectivity index (χ1n) is 11.7. The fourth-order valence-electron chi connectivity index (χ4n) is 2.91. The van der Waals surface area contributed by atoms with Crippen LogP contribution in [-0.2, 0) is 0 Å². The Labute approximate surface area is 202 Å². The average molecular weight is 450 g/mol. The Bertz CT molecular complexity index is 803. The van der Waals surface area contributed by atoms with Crippen LogP contribution in [0.3, 0.4) is 0 Å². The van der Waals surface area contributed by atoms with Crippen LogP contribution in [0.2, 0.25) is 0 Å². The van der Waals surface area contributed by atoms with Crippen molar-refractivity contribution >= 4 is 11.4 Å². The smallest absolute Gasteiger partial charge is 0.159 e. The summed E-state index contributed by atoms with van der Waals surface area (Å²) in [6, 6.07) is 16.0. The molecule has 2 rings (SSSR count). The van der Waals surface area contributed by atoms with E-state index < -0.39 is 0 Å². The second-order valence-electron chi connectivity index (χ2n) is 8.04. The Morgan fingerprint density at radius 3 is 1.55 bits per heavy atom. The van der Waals surface area contributed by atoms with Gasteiger partial charge in [-0.05, 0) is 42.5 Å². The summed E-state index contributed by atoms with van der Waals surface area (Å²) in [6.07, 6.45) is 3.57. The minimum atomic E-state index is 0.0409. The Hall–Kier alpha value is -2.91. The minimum Gasteiger partial charge on any atom is -0.392 e. The summed E-state index contributed by atoms with van der Waals surface area (Å²) in [4.78, 5) is 11.2. The quantitative estimate of drug-likeness (QED) is 0.305. The molecular weight excluding hydrogens is 406 g/mol. The molecule has 0 saturated carbocycles. The molecule has 0 aliphatic rings. The normalized spacial score (nSPS) is 10.5. The molecule has 2 aromatic rings. The van der Waals surface area contributed by atoms with E-state index in [9.17, 15) is 4.79 Å². The second kappa shape index (κ2) is 16.7. The lowest BCUT2D eigenvalue weighted by atomic mass is 9.95.